The molecule has 3 aliphatic rings. The summed E-state index contributed by atoms with van der Waals surface area (Å²) >= 11 is 0. The van der Waals surface area contributed by atoms with Crippen LogP contribution in [0.5, 0.6) is 0 Å². The van der Waals surface area contributed by atoms with E-state index in [9.17, 15) is 9.90 Å². The van der Waals surface area contributed by atoms with Gasteiger partial charge in [0.25, 0.3) is 5.92 Å². The molecule has 0 bridgehead atoms. The van der Waals surface area contributed by atoms with Gasteiger partial charge in [0.2, 0.25) is 0 Å². The van der Waals surface area contributed by atoms with Crippen LogP contribution in [0.25, 0.3) is 0 Å². The zero-order chi connectivity index (χ0) is 25.1. The Bertz CT molecular complexity index is 1080. The number of pyridine rings is 1. The quantitative estimate of drug-likeness (QED) is 0.421. The second kappa shape index (κ2) is 10.7. The highest BCUT2D eigenvalue weighted by Crippen LogP contribution is 2.44. The Hall–Kier alpha value is -2.68. The number of hydrogen-bond acceptors (Lipinski definition) is 6. The summed E-state index contributed by atoms with van der Waals surface area (Å²) in [7, 11) is 0. The van der Waals surface area contributed by atoms with E-state index in [1.54, 1.807) is 11.1 Å². The van der Waals surface area contributed by atoms with E-state index in [4.69, 9.17) is 0 Å². The number of anilines is 1. The average molecular weight is 500 g/mol. The largest absolute Gasteiger partial charge is 0.480 e. The van der Waals surface area contributed by atoms with E-state index in [-0.39, 0.29) is 18.9 Å². The van der Waals surface area contributed by atoms with Crippen LogP contribution in [0.15, 0.2) is 24.7 Å². The number of carbonyl (C=O) groups is 1. The lowest BCUT2D eigenvalue weighted by Crippen LogP contribution is -2.36. The fraction of sp³-hybridized carbons (Fsp3) is 0.630. The number of aryl methyl sites for hydroxylation is 2. The minimum atomic E-state index is -2.81. The molecular formula is C27H35F2N5O2. The van der Waals surface area contributed by atoms with E-state index in [1.807, 2.05) is 0 Å². The van der Waals surface area contributed by atoms with Crippen LogP contribution < -0.4 is 5.32 Å². The molecule has 9 heteroatoms. The van der Waals surface area contributed by atoms with Gasteiger partial charge in [-0.25, -0.2) is 23.7 Å². The van der Waals surface area contributed by atoms with Crippen LogP contribution in [0.2, 0.25) is 0 Å². The number of carboxylic acids is 1. The summed E-state index contributed by atoms with van der Waals surface area (Å²) in [5.41, 5.74) is 3.58. The summed E-state index contributed by atoms with van der Waals surface area (Å²) in [6.07, 6.45) is 10.1. The fourth-order valence-corrected chi connectivity index (χ4v) is 5.67. The molecule has 2 aromatic rings. The summed E-state index contributed by atoms with van der Waals surface area (Å²) in [5, 5.41) is 13.3. The Morgan fingerprint density at radius 1 is 1.22 bits per heavy atom. The van der Waals surface area contributed by atoms with E-state index in [0.29, 0.717) is 24.9 Å². The minimum absolute atomic E-state index is 0.0784. The van der Waals surface area contributed by atoms with Crippen molar-refractivity contribution in [2.45, 2.75) is 82.1 Å². The third kappa shape index (κ3) is 5.66. The number of nitrogens with zero attached hydrogens (tertiary/aromatic N) is 4. The Labute approximate surface area is 210 Å². The molecule has 2 fully saturated rings. The highest BCUT2D eigenvalue weighted by atomic mass is 19.3. The normalized spacial score (nSPS) is 21.1. The molecule has 2 aliphatic heterocycles. The SMILES string of the molecule is O=C(O)C(c1cncnc1C1CC1)N1CC[C@@H](C(F)(F)CCCCCc2ccc3c(n2)NCCC3)C1. The number of unbranched alkanes of at least 4 members (excludes halogenated alkanes) is 2. The summed E-state index contributed by atoms with van der Waals surface area (Å²) in [5.74, 6) is -3.43. The summed E-state index contributed by atoms with van der Waals surface area (Å²) < 4.78 is 30.2. The molecule has 2 aromatic heterocycles. The van der Waals surface area contributed by atoms with Crippen molar-refractivity contribution in [3.63, 3.8) is 0 Å². The molecule has 194 valence electrons. The highest BCUT2D eigenvalue weighted by molar-refractivity contribution is 5.76. The van der Waals surface area contributed by atoms with Gasteiger partial charge >= 0.3 is 5.97 Å². The topological polar surface area (TPSA) is 91.2 Å². The van der Waals surface area contributed by atoms with Crippen molar-refractivity contribution in [1.82, 2.24) is 19.9 Å². The van der Waals surface area contributed by atoms with Crippen LogP contribution in [0, 0.1) is 5.92 Å². The molecule has 4 heterocycles. The predicted octanol–water partition coefficient (Wildman–Crippen LogP) is 4.99. The molecule has 2 atom stereocenters. The smallest absolute Gasteiger partial charge is 0.325 e. The van der Waals surface area contributed by atoms with Crippen molar-refractivity contribution in [3.8, 4) is 0 Å². The zero-order valence-electron chi connectivity index (χ0n) is 20.6. The molecule has 1 aliphatic carbocycles. The van der Waals surface area contributed by atoms with Crippen LogP contribution in [-0.2, 0) is 17.6 Å². The van der Waals surface area contributed by atoms with Crippen LogP contribution in [0.1, 0.15) is 85.8 Å². The number of halogens is 2. The van der Waals surface area contributed by atoms with Crippen LogP contribution >= 0.6 is 0 Å². The number of alkyl halides is 2. The summed E-state index contributed by atoms with van der Waals surface area (Å²) in [4.78, 5) is 26.9. The lowest BCUT2D eigenvalue weighted by Gasteiger charge is -2.27. The second-order valence-electron chi connectivity index (χ2n) is 10.5. The van der Waals surface area contributed by atoms with Gasteiger partial charge in [-0.2, -0.15) is 0 Å². The van der Waals surface area contributed by atoms with Gasteiger partial charge in [0, 0.05) is 48.8 Å². The van der Waals surface area contributed by atoms with Crippen LogP contribution in [0.3, 0.4) is 0 Å². The fourth-order valence-electron chi connectivity index (χ4n) is 5.67. The number of carboxylic acid groups (broad SMARTS) is 1. The van der Waals surface area contributed by atoms with Crippen molar-refractivity contribution in [1.29, 1.82) is 0 Å². The van der Waals surface area contributed by atoms with E-state index >= 15 is 8.78 Å². The van der Waals surface area contributed by atoms with E-state index in [2.05, 4.69) is 32.4 Å². The molecule has 0 amide bonds. The number of likely N-dealkylation sites (tertiary alicyclic amines) is 1. The van der Waals surface area contributed by atoms with E-state index < -0.39 is 23.9 Å². The number of aromatic nitrogens is 3. The molecule has 1 unspecified atom stereocenters. The number of rotatable bonds is 11. The monoisotopic (exact) mass is 499 g/mol. The maximum atomic E-state index is 15.1. The lowest BCUT2D eigenvalue weighted by molar-refractivity contribution is -0.143. The third-order valence-electron chi connectivity index (χ3n) is 7.84. The Kier molecular flexibility index (Phi) is 7.46. The van der Waals surface area contributed by atoms with Gasteiger partial charge in [-0.05, 0) is 69.5 Å². The molecule has 7 nitrogen and oxygen atoms in total. The predicted molar refractivity (Wildman–Crippen MR) is 132 cm³/mol. The Morgan fingerprint density at radius 2 is 2.08 bits per heavy atom. The standard InChI is InChI=1S/C27H35F2N5O2/c28-27(29,12-3-1-2-6-21-10-9-19-5-4-13-31-25(19)33-21)20-11-14-34(16-20)24(26(35)36)22-15-30-17-32-23(22)18-7-8-18/h9-10,15,17-18,20,24H,1-8,11-14,16H2,(H,31,33)(H,35,36)/t20-,24?/m1/s1. The van der Waals surface area contributed by atoms with Crippen molar-refractivity contribution in [3.05, 3.63) is 47.2 Å². The first-order valence-electron chi connectivity index (χ1n) is 13.3. The van der Waals surface area contributed by atoms with Gasteiger partial charge < -0.3 is 10.4 Å². The molecule has 0 spiro atoms. The molecule has 2 N–H and O–H groups in total. The molecule has 1 saturated carbocycles. The number of fused-ring (bicyclic) bond motifs is 1. The van der Waals surface area contributed by atoms with Gasteiger partial charge in [0.05, 0.1) is 5.69 Å². The highest BCUT2D eigenvalue weighted by Gasteiger charge is 2.46. The van der Waals surface area contributed by atoms with Crippen LogP contribution in [0.4, 0.5) is 14.6 Å². The molecule has 5 rings (SSSR count). The van der Waals surface area contributed by atoms with Crippen molar-refractivity contribution in [2.24, 2.45) is 5.92 Å². The maximum absolute atomic E-state index is 15.1. The number of aliphatic carboxylic acids is 1. The van der Waals surface area contributed by atoms with E-state index in [1.165, 1.54) is 11.9 Å². The van der Waals surface area contributed by atoms with E-state index in [0.717, 1.165) is 68.7 Å². The van der Waals surface area contributed by atoms with Gasteiger partial charge in [0.15, 0.2) is 0 Å². The molecule has 1 saturated heterocycles. The Balaban J connectivity index is 1.11. The van der Waals surface area contributed by atoms with Crippen molar-refractivity contribution < 1.29 is 18.7 Å². The first-order valence-corrected chi connectivity index (χ1v) is 13.3. The zero-order valence-corrected chi connectivity index (χ0v) is 20.6. The molecule has 0 aromatic carbocycles. The molecular weight excluding hydrogens is 464 g/mol. The van der Waals surface area contributed by atoms with Gasteiger partial charge in [-0.1, -0.05) is 12.5 Å². The van der Waals surface area contributed by atoms with Gasteiger partial charge in [0.1, 0.15) is 18.2 Å². The van der Waals surface area contributed by atoms with Crippen LogP contribution in [-0.4, -0.2) is 56.5 Å². The number of nitrogens with one attached hydrogen (secondary N) is 1. The van der Waals surface area contributed by atoms with Gasteiger partial charge in [-0.3, -0.25) is 9.69 Å². The first-order chi connectivity index (χ1) is 17.4. The average Bonchev–Trinajstić information content (AvgIpc) is 3.60. The Morgan fingerprint density at radius 3 is 2.89 bits per heavy atom. The third-order valence-corrected chi connectivity index (χ3v) is 7.84. The molecule has 0 radical (unpaired) electrons. The first kappa shape index (κ1) is 25.0. The van der Waals surface area contributed by atoms with Crippen molar-refractivity contribution >= 4 is 11.8 Å². The lowest BCUT2D eigenvalue weighted by atomic mass is 9.95. The minimum Gasteiger partial charge on any atom is -0.480 e. The summed E-state index contributed by atoms with van der Waals surface area (Å²) in [6.45, 7) is 1.37. The maximum Gasteiger partial charge on any atom is 0.325 e. The molecule has 36 heavy (non-hydrogen) atoms. The number of hydrogen-bond donors (Lipinski definition) is 2. The van der Waals surface area contributed by atoms with Gasteiger partial charge in [-0.15, -0.1) is 0 Å². The summed E-state index contributed by atoms with van der Waals surface area (Å²) in [6, 6.07) is 3.21. The second-order valence-corrected chi connectivity index (χ2v) is 10.5. The van der Waals surface area contributed by atoms with Crippen molar-refractivity contribution in [2.75, 3.05) is 25.0 Å².